The summed E-state index contributed by atoms with van der Waals surface area (Å²) in [5.41, 5.74) is 6.64. The summed E-state index contributed by atoms with van der Waals surface area (Å²) < 4.78 is 12.5. The molecule has 5 atom stereocenters. The van der Waals surface area contributed by atoms with Crippen molar-refractivity contribution in [2.45, 2.75) is 89.1 Å². The van der Waals surface area contributed by atoms with Crippen LogP contribution in [-0.4, -0.2) is 103 Å². The Morgan fingerprint density at radius 3 is 2.58 bits per heavy atom. The van der Waals surface area contributed by atoms with Crippen LogP contribution in [0.4, 0.5) is 10.6 Å². The van der Waals surface area contributed by atoms with E-state index in [-0.39, 0.29) is 40.7 Å². The molecule has 2 aromatic rings. The van der Waals surface area contributed by atoms with E-state index in [1.165, 1.54) is 10.9 Å². The Labute approximate surface area is 248 Å². The van der Waals surface area contributed by atoms with Gasteiger partial charge in [0.2, 0.25) is 5.82 Å². The lowest BCUT2D eigenvalue weighted by molar-refractivity contribution is -0.137. The Balaban J connectivity index is 0.00000180. The number of aliphatic hydroxyl groups is 2. The Bertz CT molecular complexity index is 1410. The first-order valence-corrected chi connectivity index (χ1v) is 14.8. The van der Waals surface area contributed by atoms with Gasteiger partial charge in [0.05, 0.1) is 6.33 Å². The molecule has 0 aromatic carbocycles. The average molecular weight is 599 g/mol. The van der Waals surface area contributed by atoms with Crippen molar-refractivity contribution in [3.8, 4) is 11.8 Å². The molecule has 2 unspecified atom stereocenters. The summed E-state index contributed by atoms with van der Waals surface area (Å²) in [6, 6.07) is 0.0765. The van der Waals surface area contributed by atoms with Crippen molar-refractivity contribution in [3.63, 3.8) is 0 Å². The zero-order valence-corrected chi connectivity index (χ0v) is 24.2. The highest BCUT2D eigenvalue weighted by Gasteiger charge is 2.48. The molecule has 0 radical (unpaired) electrons. The van der Waals surface area contributed by atoms with E-state index in [1.54, 1.807) is 4.90 Å². The molecular weight excluding hydrogens is 560 g/mol. The number of aliphatic hydroxyl groups excluding tert-OH is 2. The number of ether oxygens (including phenoxy) is 2. The van der Waals surface area contributed by atoms with Gasteiger partial charge in [-0.2, -0.15) is 0 Å². The average Bonchev–Trinajstić information content (AvgIpc) is 3.45. The van der Waals surface area contributed by atoms with E-state index >= 15 is 0 Å². The summed E-state index contributed by atoms with van der Waals surface area (Å²) in [5, 5.41) is 26.6. The zero-order valence-electron chi connectivity index (χ0n) is 24.2. The highest BCUT2D eigenvalue weighted by Crippen LogP contribution is 2.33. The van der Waals surface area contributed by atoms with Gasteiger partial charge in [-0.1, -0.05) is 19.8 Å². The molecule has 0 bridgehead atoms. The van der Waals surface area contributed by atoms with Gasteiger partial charge in [0.25, 0.3) is 11.8 Å². The predicted octanol–water partition coefficient (Wildman–Crippen LogP) is -0.189. The number of amides is 3. The third-order valence-electron chi connectivity index (χ3n) is 7.85. The second-order valence-electron chi connectivity index (χ2n) is 10.9. The number of aromatic nitrogens is 4. The third-order valence-corrected chi connectivity index (χ3v) is 7.85. The molecule has 2 aromatic heterocycles. The Kier molecular flexibility index (Phi) is 9.28. The summed E-state index contributed by atoms with van der Waals surface area (Å²) >= 11 is 0. The fraction of sp³-hybridized carbons (Fsp3) is 0.643. The van der Waals surface area contributed by atoms with E-state index < -0.39 is 42.6 Å². The normalized spacial score (nSPS) is 27.1. The molecule has 3 amide bonds. The van der Waals surface area contributed by atoms with Gasteiger partial charge in [0.15, 0.2) is 29.9 Å². The van der Waals surface area contributed by atoms with Gasteiger partial charge in [-0.3, -0.25) is 14.2 Å². The maximum Gasteiger partial charge on any atom is 0.410 e. The summed E-state index contributed by atoms with van der Waals surface area (Å²) in [7, 11) is 0. The van der Waals surface area contributed by atoms with Crippen LogP contribution in [-0.2, 0) is 19.1 Å². The largest absolute Gasteiger partial charge is 0.436 e. The van der Waals surface area contributed by atoms with Gasteiger partial charge in [-0.25, -0.2) is 19.7 Å². The van der Waals surface area contributed by atoms with Crippen molar-refractivity contribution in [1.29, 1.82) is 0 Å². The maximum absolute atomic E-state index is 12.5. The first-order valence-electron chi connectivity index (χ1n) is 14.8. The zero-order chi connectivity index (χ0) is 30.7. The molecule has 15 heteroatoms. The molecule has 6 N–H and O–H groups in total. The molecule has 43 heavy (non-hydrogen) atoms. The van der Waals surface area contributed by atoms with Gasteiger partial charge in [0, 0.05) is 38.5 Å². The van der Waals surface area contributed by atoms with Gasteiger partial charge >= 0.3 is 6.09 Å². The molecule has 0 spiro atoms. The van der Waals surface area contributed by atoms with Crippen molar-refractivity contribution < 1.29 is 34.1 Å². The highest BCUT2D eigenvalue weighted by molar-refractivity contribution is 5.85. The maximum atomic E-state index is 12.5. The standard InChI is InChI=1S/C26H32N8O7.C2H6/c27-21-17-22(34(12-29-17)25-19(36)18(35)20(41-25)24(38)30-14-4-5-14)32-16(31-21)3-1-2-13-7-10-33(11-8-13)26(39)40-15-6-9-28-23(15)37;1-2/h12-15,18-20,25,35-36H,2,4-11H2,(H,28,37)(H,30,38)(H2,27,31,32);1-2H3/t15?,18?,19-,20-,25+;/m0./s1. The summed E-state index contributed by atoms with van der Waals surface area (Å²) in [6.07, 6.45) is -0.699. The lowest BCUT2D eigenvalue weighted by Crippen LogP contribution is -2.43. The first kappa shape index (κ1) is 30.5. The Morgan fingerprint density at radius 2 is 1.91 bits per heavy atom. The summed E-state index contributed by atoms with van der Waals surface area (Å²) in [6.45, 7) is 5.55. The number of carbonyl (C=O) groups is 3. The quantitative estimate of drug-likeness (QED) is 0.285. The van der Waals surface area contributed by atoms with Crippen molar-refractivity contribution >= 4 is 34.9 Å². The molecule has 1 saturated carbocycles. The van der Waals surface area contributed by atoms with Crippen molar-refractivity contribution in [2.24, 2.45) is 5.92 Å². The smallest absolute Gasteiger partial charge is 0.410 e. The number of nitrogens with two attached hydrogens (primary N) is 1. The summed E-state index contributed by atoms with van der Waals surface area (Å²) in [5.74, 6) is 5.81. The lowest BCUT2D eigenvalue weighted by Gasteiger charge is -2.31. The third kappa shape index (κ3) is 6.66. The molecule has 15 nitrogen and oxygen atoms in total. The Hall–Kier alpha value is -4.00. The number of nitrogens with zero attached hydrogens (tertiary/aromatic N) is 5. The van der Waals surface area contributed by atoms with E-state index in [9.17, 15) is 24.6 Å². The molecule has 1 aliphatic carbocycles. The van der Waals surface area contributed by atoms with Crippen LogP contribution < -0.4 is 16.4 Å². The van der Waals surface area contributed by atoms with Crippen LogP contribution in [0.2, 0.25) is 0 Å². The molecule has 3 saturated heterocycles. The molecule has 6 rings (SSSR count). The molecule has 232 valence electrons. The number of hydrogen-bond acceptors (Lipinski definition) is 11. The number of carbonyl (C=O) groups excluding carboxylic acids is 3. The number of fused-ring (bicyclic) bond motifs is 1. The minimum absolute atomic E-state index is 0.0765. The van der Waals surface area contributed by atoms with Crippen LogP contribution >= 0.6 is 0 Å². The van der Waals surface area contributed by atoms with E-state index in [0.717, 1.165) is 25.7 Å². The number of nitrogen functional groups attached to an aromatic ring is 1. The molecule has 4 aliphatic rings. The molecule has 3 aliphatic heterocycles. The van der Waals surface area contributed by atoms with Crippen LogP contribution in [0.3, 0.4) is 0 Å². The van der Waals surface area contributed by atoms with Gasteiger partial charge in [0.1, 0.15) is 17.7 Å². The SMILES string of the molecule is CC.Nc1nc(C#CCC2CCN(C(=O)OC3CCNC3=O)CC2)nc2c1ncn2[C@@H]1O[C@H](C(=O)NC2CC2)C(O)[C@@H]1O. The van der Waals surface area contributed by atoms with Gasteiger partial charge in [-0.05, 0) is 37.5 Å². The van der Waals surface area contributed by atoms with Gasteiger partial charge in [-0.15, -0.1) is 0 Å². The molecule has 5 heterocycles. The fourth-order valence-electron chi connectivity index (χ4n) is 5.27. The van der Waals surface area contributed by atoms with E-state index in [4.69, 9.17) is 15.2 Å². The van der Waals surface area contributed by atoms with E-state index in [1.807, 2.05) is 13.8 Å². The van der Waals surface area contributed by atoms with Crippen LogP contribution in [0.25, 0.3) is 11.2 Å². The molecular formula is C28H38N8O7. The van der Waals surface area contributed by atoms with E-state index in [0.29, 0.717) is 32.5 Å². The number of imidazole rings is 1. The minimum atomic E-state index is -1.43. The van der Waals surface area contributed by atoms with Gasteiger partial charge < -0.3 is 41.0 Å². The van der Waals surface area contributed by atoms with Crippen LogP contribution in [0, 0.1) is 17.8 Å². The first-order chi connectivity index (χ1) is 20.8. The van der Waals surface area contributed by atoms with Crippen molar-refractivity contribution in [2.75, 3.05) is 25.4 Å². The van der Waals surface area contributed by atoms with E-state index in [2.05, 4.69) is 37.4 Å². The monoisotopic (exact) mass is 598 g/mol. The second kappa shape index (κ2) is 13.1. The number of piperidine rings is 1. The van der Waals surface area contributed by atoms with Crippen LogP contribution in [0.15, 0.2) is 6.33 Å². The number of likely N-dealkylation sites (tertiary alicyclic amines) is 1. The lowest BCUT2D eigenvalue weighted by atomic mass is 9.94. The number of hydrogen-bond donors (Lipinski definition) is 5. The fourth-order valence-corrected chi connectivity index (χ4v) is 5.27. The van der Waals surface area contributed by atoms with Crippen molar-refractivity contribution in [3.05, 3.63) is 12.2 Å². The second-order valence-corrected chi connectivity index (χ2v) is 10.9. The Morgan fingerprint density at radius 1 is 1.16 bits per heavy atom. The number of nitrogens with one attached hydrogen (secondary N) is 2. The van der Waals surface area contributed by atoms with Crippen LogP contribution in [0.5, 0.6) is 0 Å². The molecule has 4 fully saturated rings. The number of anilines is 1. The highest BCUT2D eigenvalue weighted by atomic mass is 16.6. The van der Waals surface area contributed by atoms with Crippen molar-refractivity contribution in [1.82, 2.24) is 35.1 Å². The number of rotatable bonds is 5. The van der Waals surface area contributed by atoms with Crippen LogP contribution in [0.1, 0.15) is 64.4 Å². The predicted molar refractivity (Wildman–Crippen MR) is 152 cm³/mol. The topological polar surface area (TPSA) is 207 Å². The summed E-state index contributed by atoms with van der Waals surface area (Å²) in [4.78, 5) is 51.1. The minimum Gasteiger partial charge on any atom is -0.436 e.